The summed E-state index contributed by atoms with van der Waals surface area (Å²) in [5, 5.41) is 15.0. The largest absolute Gasteiger partial charge is 2.00 e. The first kappa shape index (κ1) is 24.5. The van der Waals surface area contributed by atoms with E-state index in [1.165, 1.54) is 23.5 Å². The van der Waals surface area contributed by atoms with Gasteiger partial charge in [0.25, 0.3) is 0 Å². The first-order valence-electron chi connectivity index (χ1n) is 4.93. The Morgan fingerprint density at radius 2 is 0.947 bits per heavy atom. The summed E-state index contributed by atoms with van der Waals surface area (Å²) < 4.78 is 1.16. The van der Waals surface area contributed by atoms with Crippen LogP contribution < -0.4 is 0 Å². The molecule has 0 rings (SSSR count). The summed E-state index contributed by atoms with van der Waals surface area (Å²) in [4.78, 5) is 0. The summed E-state index contributed by atoms with van der Waals surface area (Å²) in [5.41, 5.74) is 1.85. The van der Waals surface area contributed by atoms with E-state index in [9.17, 15) is 0 Å². The van der Waals surface area contributed by atoms with E-state index in [0.717, 1.165) is 11.4 Å². The molecule has 9 heteroatoms. The topological polar surface area (TPSA) is 49.4 Å². The van der Waals surface area contributed by atoms with Gasteiger partial charge in [-0.15, -0.1) is 23.5 Å². The molecule has 0 amide bonds. The second kappa shape index (κ2) is 16.6. The zero-order chi connectivity index (χ0) is 14.6. The quantitative estimate of drug-likeness (QED) is 0.244. The molecular formula is C10H18N4PtS4. The van der Waals surface area contributed by atoms with Gasteiger partial charge in [0, 0.05) is 11.4 Å². The van der Waals surface area contributed by atoms with Gasteiger partial charge in [-0.3, -0.25) is 0 Å². The predicted molar refractivity (Wildman–Crippen MR) is 94.2 cm³/mol. The first-order chi connectivity index (χ1) is 8.33. The molecule has 0 aromatic heterocycles. The van der Waals surface area contributed by atoms with Crippen molar-refractivity contribution in [2.75, 3.05) is 12.5 Å². The van der Waals surface area contributed by atoms with Crippen LogP contribution in [0.5, 0.6) is 0 Å². The van der Waals surface area contributed by atoms with Gasteiger partial charge in [0.05, 0.1) is 0 Å². The summed E-state index contributed by atoms with van der Waals surface area (Å²) >= 11 is 12.4. The van der Waals surface area contributed by atoms with E-state index < -0.39 is 0 Å². The second-order valence-corrected chi connectivity index (χ2v) is 6.11. The Morgan fingerprint density at radius 1 is 0.684 bits per heavy atom. The van der Waals surface area contributed by atoms with Gasteiger partial charge >= 0.3 is 21.1 Å². The van der Waals surface area contributed by atoms with Crippen molar-refractivity contribution in [3.63, 3.8) is 0 Å². The molecule has 0 fully saturated rings. The fraction of sp³-hybridized carbons (Fsp3) is 0.600. The van der Waals surface area contributed by atoms with Gasteiger partial charge in [-0.1, -0.05) is 0 Å². The Hall–Kier alpha value is 0.508. The maximum Gasteiger partial charge on any atom is 2.00 e. The van der Waals surface area contributed by atoms with E-state index in [0.29, 0.717) is 8.75 Å². The van der Waals surface area contributed by atoms with Gasteiger partial charge in [-0.2, -0.15) is 20.4 Å². The summed E-state index contributed by atoms with van der Waals surface area (Å²) in [7, 11) is 0. The van der Waals surface area contributed by atoms with E-state index in [4.69, 9.17) is 25.3 Å². The Labute approximate surface area is 149 Å². The molecule has 19 heavy (non-hydrogen) atoms. The summed E-state index contributed by atoms with van der Waals surface area (Å²) in [6, 6.07) is 0. The molecule has 0 aliphatic heterocycles. The van der Waals surface area contributed by atoms with Crippen molar-refractivity contribution < 1.29 is 21.1 Å². The molecule has 0 saturated heterocycles. The van der Waals surface area contributed by atoms with Gasteiger partial charge in [0.15, 0.2) is 0 Å². The molecule has 0 heterocycles. The fourth-order valence-electron chi connectivity index (χ4n) is 0.363. The zero-order valence-electron chi connectivity index (χ0n) is 11.7. The normalized spacial score (nSPS) is 10.6. The number of nitrogens with zero attached hydrogens (tertiary/aromatic N) is 4. The van der Waals surface area contributed by atoms with Gasteiger partial charge in [-0.05, 0) is 49.0 Å². The Kier molecular flexibility index (Phi) is 21.4. The SMILES string of the molecule is CSC([S-])=NN=C(C)C.CSC([S-])=NN=C(C)C.[Pt+2]. The Morgan fingerprint density at radius 3 is 1.11 bits per heavy atom. The molecule has 0 aromatic rings. The molecule has 0 aliphatic rings. The fourth-order valence-corrected chi connectivity index (χ4v) is 0.690. The van der Waals surface area contributed by atoms with Crippen LogP contribution in [0.15, 0.2) is 20.4 Å². The van der Waals surface area contributed by atoms with Crippen LogP contribution in [0, 0.1) is 0 Å². The van der Waals surface area contributed by atoms with Crippen molar-refractivity contribution in [2.45, 2.75) is 27.7 Å². The molecule has 0 saturated carbocycles. The van der Waals surface area contributed by atoms with E-state index in [1.807, 2.05) is 40.2 Å². The van der Waals surface area contributed by atoms with Crippen LogP contribution in [0.25, 0.3) is 0 Å². The van der Waals surface area contributed by atoms with E-state index >= 15 is 0 Å². The molecular weight excluding hydrogens is 499 g/mol. The number of hydrogen-bond donors (Lipinski definition) is 0. The van der Waals surface area contributed by atoms with Crippen LogP contribution in [0.2, 0.25) is 0 Å². The summed E-state index contributed by atoms with van der Waals surface area (Å²) in [6.45, 7) is 7.53. The standard InChI is InChI=1S/2C5H10N2S2.Pt/c2*1-4(2)6-7-5(8)9-3;/h2*1-3H3,(H,7,8);/q;;+2/p-2. The van der Waals surface area contributed by atoms with Crippen molar-refractivity contribution in [3.05, 3.63) is 0 Å². The minimum Gasteiger partial charge on any atom is -0.752 e. The number of rotatable bonds is 2. The minimum absolute atomic E-state index is 0. The molecule has 4 nitrogen and oxygen atoms in total. The predicted octanol–water partition coefficient (Wildman–Crippen LogP) is 3.29. The van der Waals surface area contributed by atoms with Crippen LogP contribution >= 0.6 is 23.5 Å². The third-order valence-corrected chi connectivity index (χ3v) is 3.04. The van der Waals surface area contributed by atoms with Crippen molar-refractivity contribution >= 4 is 69.0 Å². The van der Waals surface area contributed by atoms with Crippen LogP contribution in [0.1, 0.15) is 27.7 Å². The Bertz CT molecular complexity index is 311. The maximum atomic E-state index is 4.76. The van der Waals surface area contributed by atoms with Crippen LogP contribution in [-0.4, -0.2) is 32.7 Å². The van der Waals surface area contributed by atoms with Crippen molar-refractivity contribution in [1.29, 1.82) is 0 Å². The molecule has 0 aliphatic carbocycles. The monoisotopic (exact) mass is 517 g/mol. The minimum atomic E-state index is 0. The first-order valence-corrected chi connectivity index (χ1v) is 8.19. The zero-order valence-corrected chi connectivity index (χ0v) is 17.3. The molecule has 0 unspecified atom stereocenters. The molecule has 0 radical (unpaired) electrons. The van der Waals surface area contributed by atoms with Crippen LogP contribution in [-0.2, 0) is 46.3 Å². The second-order valence-electron chi connectivity index (χ2n) is 3.23. The number of hydrogen-bond acceptors (Lipinski definition) is 8. The maximum absolute atomic E-state index is 4.76. The van der Waals surface area contributed by atoms with Crippen molar-refractivity contribution in [2.24, 2.45) is 20.4 Å². The van der Waals surface area contributed by atoms with Crippen molar-refractivity contribution in [3.8, 4) is 0 Å². The number of thioether (sulfide) groups is 2. The smallest absolute Gasteiger partial charge is 0.752 e. The molecule has 0 aromatic carbocycles. The third kappa shape index (κ3) is 24.0. The molecule has 0 atom stereocenters. The van der Waals surface area contributed by atoms with E-state index in [2.05, 4.69) is 20.4 Å². The summed E-state index contributed by atoms with van der Waals surface area (Å²) in [6.07, 6.45) is 3.76. The summed E-state index contributed by atoms with van der Waals surface area (Å²) in [5.74, 6) is 0. The molecule has 0 N–H and O–H groups in total. The van der Waals surface area contributed by atoms with Crippen LogP contribution in [0.4, 0.5) is 0 Å². The molecule has 0 spiro atoms. The molecule has 112 valence electrons. The van der Waals surface area contributed by atoms with Gasteiger partial charge in [0.2, 0.25) is 0 Å². The van der Waals surface area contributed by atoms with Gasteiger partial charge in [-0.25, -0.2) is 0 Å². The average Bonchev–Trinajstić information content (AvgIpc) is 2.33. The van der Waals surface area contributed by atoms with Crippen molar-refractivity contribution in [1.82, 2.24) is 0 Å². The molecule has 0 bridgehead atoms. The average molecular weight is 518 g/mol. The third-order valence-electron chi connectivity index (χ3n) is 1.01. The van der Waals surface area contributed by atoms with E-state index in [1.54, 1.807) is 0 Å². The van der Waals surface area contributed by atoms with Gasteiger partial charge < -0.3 is 25.3 Å². The van der Waals surface area contributed by atoms with E-state index in [-0.39, 0.29) is 21.1 Å². The van der Waals surface area contributed by atoms with Crippen LogP contribution in [0.3, 0.4) is 0 Å². The Balaban J connectivity index is -0.000000256. The van der Waals surface area contributed by atoms with Gasteiger partial charge in [0.1, 0.15) is 0 Å².